The van der Waals surface area contributed by atoms with Crippen molar-refractivity contribution in [3.63, 3.8) is 0 Å². The van der Waals surface area contributed by atoms with Gasteiger partial charge in [0.25, 0.3) is 0 Å². The number of benzene rings is 1. The lowest BCUT2D eigenvalue weighted by molar-refractivity contribution is 0.298. The monoisotopic (exact) mass is 268 g/mol. The Bertz CT molecular complexity index is 423. The van der Waals surface area contributed by atoms with Gasteiger partial charge in [0.1, 0.15) is 11.6 Å². The van der Waals surface area contributed by atoms with Gasteiger partial charge in [-0.2, -0.15) is 0 Å². The zero-order chi connectivity index (χ0) is 13.8. The standard InChI is InChI=1S/C15H22F2N2/c1-2-3-11-6-7-19(9-11)10-15(18)13-8-12(16)4-5-14(13)17/h4-5,8,11,15H,2-3,6-7,9-10,18H2,1H3. The van der Waals surface area contributed by atoms with Crippen LogP contribution in [-0.4, -0.2) is 24.5 Å². The third-order valence-corrected chi connectivity index (χ3v) is 3.88. The van der Waals surface area contributed by atoms with Crippen LogP contribution in [0, 0.1) is 17.6 Å². The number of hydrogen-bond donors (Lipinski definition) is 1. The van der Waals surface area contributed by atoms with Crippen LogP contribution in [0.3, 0.4) is 0 Å². The summed E-state index contributed by atoms with van der Waals surface area (Å²) in [5.74, 6) is -0.120. The molecule has 4 heteroatoms. The van der Waals surface area contributed by atoms with E-state index in [9.17, 15) is 8.78 Å². The molecule has 2 N–H and O–H groups in total. The zero-order valence-electron chi connectivity index (χ0n) is 11.4. The Labute approximate surface area is 113 Å². The van der Waals surface area contributed by atoms with E-state index < -0.39 is 17.7 Å². The first-order chi connectivity index (χ1) is 9.10. The van der Waals surface area contributed by atoms with E-state index >= 15 is 0 Å². The van der Waals surface area contributed by atoms with Crippen molar-refractivity contribution in [3.05, 3.63) is 35.4 Å². The highest BCUT2D eigenvalue weighted by Crippen LogP contribution is 2.24. The fourth-order valence-corrected chi connectivity index (χ4v) is 2.90. The summed E-state index contributed by atoms with van der Waals surface area (Å²) in [6.07, 6.45) is 3.62. The van der Waals surface area contributed by atoms with Crippen molar-refractivity contribution in [3.8, 4) is 0 Å². The van der Waals surface area contributed by atoms with Gasteiger partial charge in [0.05, 0.1) is 0 Å². The van der Waals surface area contributed by atoms with Gasteiger partial charge in [0, 0.05) is 24.7 Å². The van der Waals surface area contributed by atoms with Gasteiger partial charge in [-0.3, -0.25) is 0 Å². The molecule has 0 saturated carbocycles. The summed E-state index contributed by atoms with van der Waals surface area (Å²) in [5.41, 5.74) is 6.29. The fourth-order valence-electron chi connectivity index (χ4n) is 2.90. The van der Waals surface area contributed by atoms with Crippen LogP contribution in [0.5, 0.6) is 0 Å². The molecule has 0 radical (unpaired) electrons. The number of hydrogen-bond acceptors (Lipinski definition) is 2. The van der Waals surface area contributed by atoms with Crippen LogP contribution in [0.25, 0.3) is 0 Å². The van der Waals surface area contributed by atoms with Crippen LogP contribution >= 0.6 is 0 Å². The Morgan fingerprint density at radius 3 is 2.95 bits per heavy atom. The lowest BCUT2D eigenvalue weighted by Crippen LogP contribution is -2.31. The van der Waals surface area contributed by atoms with E-state index in [0.717, 1.165) is 31.1 Å². The van der Waals surface area contributed by atoms with Crippen LogP contribution in [0.4, 0.5) is 8.78 Å². The van der Waals surface area contributed by atoms with Crippen molar-refractivity contribution in [2.45, 2.75) is 32.2 Å². The zero-order valence-corrected chi connectivity index (χ0v) is 11.4. The number of rotatable bonds is 5. The lowest BCUT2D eigenvalue weighted by Gasteiger charge is -2.21. The molecule has 1 saturated heterocycles. The van der Waals surface area contributed by atoms with Crippen molar-refractivity contribution in [1.82, 2.24) is 4.90 Å². The van der Waals surface area contributed by atoms with Crippen LogP contribution in [0.1, 0.15) is 37.8 Å². The summed E-state index contributed by atoms with van der Waals surface area (Å²) >= 11 is 0. The topological polar surface area (TPSA) is 29.3 Å². The maximum absolute atomic E-state index is 13.6. The number of nitrogens with zero attached hydrogens (tertiary/aromatic N) is 1. The Kier molecular flexibility index (Phi) is 4.88. The van der Waals surface area contributed by atoms with Gasteiger partial charge in [0.15, 0.2) is 0 Å². The van der Waals surface area contributed by atoms with Crippen molar-refractivity contribution in [2.75, 3.05) is 19.6 Å². The molecule has 0 aromatic heterocycles. The highest BCUT2D eigenvalue weighted by molar-refractivity contribution is 5.22. The van der Waals surface area contributed by atoms with Gasteiger partial charge in [0.2, 0.25) is 0 Å². The molecule has 19 heavy (non-hydrogen) atoms. The first kappa shape index (κ1) is 14.4. The normalized spacial score (nSPS) is 21.8. The van der Waals surface area contributed by atoms with E-state index in [2.05, 4.69) is 11.8 Å². The molecule has 1 fully saturated rings. The van der Waals surface area contributed by atoms with Crippen LogP contribution in [0.15, 0.2) is 18.2 Å². The van der Waals surface area contributed by atoms with Crippen LogP contribution < -0.4 is 5.73 Å². The molecule has 1 aliphatic heterocycles. The van der Waals surface area contributed by atoms with Gasteiger partial charge in [-0.15, -0.1) is 0 Å². The molecule has 0 bridgehead atoms. The Morgan fingerprint density at radius 1 is 1.42 bits per heavy atom. The molecule has 1 aliphatic rings. The average Bonchev–Trinajstić information content (AvgIpc) is 2.80. The summed E-state index contributed by atoms with van der Waals surface area (Å²) in [5, 5.41) is 0. The molecule has 2 nitrogen and oxygen atoms in total. The molecule has 106 valence electrons. The van der Waals surface area contributed by atoms with Gasteiger partial charge < -0.3 is 10.6 Å². The molecule has 1 aromatic carbocycles. The molecular formula is C15H22F2N2. The van der Waals surface area contributed by atoms with E-state index in [0.29, 0.717) is 6.54 Å². The summed E-state index contributed by atoms with van der Waals surface area (Å²) in [7, 11) is 0. The van der Waals surface area contributed by atoms with E-state index in [1.54, 1.807) is 0 Å². The predicted molar refractivity (Wildman–Crippen MR) is 72.7 cm³/mol. The Morgan fingerprint density at radius 2 is 2.21 bits per heavy atom. The van der Waals surface area contributed by atoms with E-state index in [-0.39, 0.29) is 5.56 Å². The second kappa shape index (κ2) is 6.44. The summed E-state index contributed by atoms with van der Waals surface area (Å²) in [6.45, 7) is 4.82. The quantitative estimate of drug-likeness (QED) is 0.889. The second-order valence-corrected chi connectivity index (χ2v) is 5.48. The Balaban J connectivity index is 1.94. The third kappa shape index (κ3) is 3.74. The minimum Gasteiger partial charge on any atom is -0.323 e. The van der Waals surface area contributed by atoms with Crippen molar-refractivity contribution in [1.29, 1.82) is 0 Å². The van der Waals surface area contributed by atoms with E-state index in [4.69, 9.17) is 5.73 Å². The predicted octanol–water partition coefficient (Wildman–Crippen LogP) is 3.09. The van der Waals surface area contributed by atoms with Gasteiger partial charge in [-0.1, -0.05) is 13.3 Å². The molecule has 0 aliphatic carbocycles. The lowest BCUT2D eigenvalue weighted by atomic mass is 10.0. The Hall–Kier alpha value is -1.00. The van der Waals surface area contributed by atoms with E-state index in [1.165, 1.54) is 25.3 Å². The van der Waals surface area contributed by atoms with Gasteiger partial charge in [-0.25, -0.2) is 8.78 Å². The SMILES string of the molecule is CCCC1CCN(CC(N)c2cc(F)ccc2F)C1. The fraction of sp³-hybridized carbons (Fsp3) is 0.600. The molecular weight excluding hydrogens is 246 g/mol. The number of likely N-dealkylation sites (tertiary alicyclic amines) is 1. The minimum atomic E-state index is -0.462. The number of nitrogens with two attached hydrogens (primary N) is 1. The van der Waals surface area contributed by atoms with Crippen molar-refractivity contribution in [2.24, 2.45) is 11.7 Å². The second-order valence-electron chi connectivity index (χ2n) is 5.48. The minimum absolute atomic E-state index is 0.277. The smallest absolute Gasteiger partial charge is 0.128 e. The highest BCUT2D eigenvalue weighted by atomic mass is 19.1. The first-order valence-corrected chi connectivity index (χ1v) is 7.03. The van der Waals surface area contributed by atoms with Crippen molar-refractivity contribution >= 4 is 0 Å². The van der Waals surface area contributed by atoms with Crippen molar-refractivity contribution < 1.29 is 8.78 Å². The molecule has 0 spiro atoms. The molecule has 1 heterocycles. The average molecular weight is 268 g/mol. The van der Waals surface area contributed by atoms with Crippen LogP contribution in [-0.2, 0) is 0 Å². The largest absolute Gasteiger partial charge is 0.323 e. The summed E-state index contributed by atoms with van der Waals surface area (Å²) < 4.78 is 26.8. The summed E-state index contributed by atoms with van der Waals surface area (Å²) in [6, 6.07) is 3.02. The number of halogens is 2. The molecule has 1 aromatic rings. The molecule has 2 atom stereocenters. The van der Waals surface area contributed by atoms with Gasteiger partial charge >= 0.3 is 0 Å². The maximum atomic E-state index is 13.6. The highest BCUT2D eigenvalue weighted by Gasteiger charge is 2.24. The first-order valence-electron chi connectivity index (χ1n) is 7.03. The van der Waals surface area contributed by atoms with Crippen LogP contribution in [0.2, 0.25) is 0 Å². The molecule has 0 amide bonds. The maximum Gasteiger partial charge on any atom is 0.128 e. The molecule has 2 unspecified atom stereocenters. The summed E-state index contributed by atoms with van der Waals surface area (Å²) in [4.78, 5) is 2.26. The van der Waals surface area contributed by atoms with Gasteiger partial charge in [-0.05, 0) is 43.5 Å². The third-order valence-electron chi connectivity index (χ3n) is 3.88. The van der Waals surface area contributed by atoms with E-state index in [1.807, 2.05) is 0 Å². The molecule has 2 rings (SSSR count).